The van der Waals surface area contributed by atoms with Crippen molar-refractivity contribution in [1.29, 1.82) is 0 Å². The van der Waals surface area contributed by atoms with Crippen molar-refractivity contribution in [2.45, 2.75) is 52.1 Å². The van der Waals surface area contributed by atoms with E-state index < -0.39 is 0 Å². The molecule has 5 rings (SSSR count). The van der Waals surface area contributed by atoms with Crippen LogP contribution in [0.5, 0.6) is 0 Å². The summed E-state index contributed by atoms with van der Waals surface area (Å²) in [4.78, 5) is 32.7. The molecule has 0 spiro atoms. The molecule has 3 aromatic rings. The number of aryl methyl sites for hydroxylation is 1. The third-order valence-electron chi connectivity index (χ3n) is 8.35. The van der Waals surface area contributed by atoms with Gasteiger partial charge in [0.05, 0.1) is 28.3 Å². The summed E-state index contributed by atoms with van der Waals surface area (Å²) in [5, 5.41) is 14.4. The standard InChI is InChI=1S/C29H39ClN8O2/c1-8-23(39)35-11-9-20(10-12-35)38-19(3)24(25-21-16-31-32-22(21)15-18(2)26(25)30)27(33-38)37-14-13-36(17-29(37,4)5)28(40)34(6)7/h8,15-16,20H,1,9-14,17H2,2-7H3,(H,31,32). The van der Waals surface area contributed by atoms with Gasteiger partial charge in [-0.05, 0) is 58.2 Å². The zero-order valence-electron chi connectivity index (χ0n) is 24.3. The number of carbonyl (C=O) groups is 2. The van der Waals surface area contributed by atoms with Crippen molar-refractivity contribution < 1.29 is 9.59 Å². The van der Waals surface area contributed by atoms with Gasteiger partial charge < -0.3 is 19.6 Å². The summed E-state index contributed by atoms with van der Waals surface area (Å²) in [5.41, 5.74) is 4.45. The van der Waals surface area contributed by atoms with E-state index in [2.05, 4.69) is 47.1 Å². The van der Waals surface area contributed by atoms with E-state index >= 15 is 0 Å². The van der Waals surface area contributed by atoms with Gasteiger partial charge in [0.15, 0.2) is 5.82 Å². The molecule has 2 aliphatic rings. The van der Waals surface area contributed by atoms with Crippen LogP contribution in [-0.4, -0.2) is 99.0 Å². The number of carbonyl (C=O) groups excluding carboxylic acids is 2. The lowest BCUT2D eigenvalue weighted by Gasteiger charge is -2.48. The molecule has 0 atom stereocenters. The number of nitrogens with zero attached hydrogens (tertiary/aromatic N) is 7. The molecular formula is C29H39ClN8O2. The van der Waals surface area contributed by atoms with E-state index in [4.69, 9.17) is 16.7 Å². The molecule has 2 aromatic heterocycles. The number of amides is 3. The smallest absolute Gasteiger partial charge is 0.319 e. The van der Waals surface area contributed by atoms with Gasteiger partial charge in [-0.2, -0.15) is 10.2 Å². The minimum Gasteiger partial charge on any atom is -0.346 e. The lowest BCUT2D eigenvalue weighted by Crippen LogP contribution is -2.62. The number of nitrogens with one attached hydrogen (secondary N) is 1. The molecule has 0 unspecified atom stereocenters. The highest BCUT2D eigenvalue weighted by Gasteiger charge is 2.40. The van der Waals surface area contributed by atoms with Crippen molar-refractivity contribution in [2.24, 2.45) is 0 Å². The van der Waals surface area contributed by atoms with Crippen LogP contribution in [0.2, 0.25) is 5.02 Å². The molecule has 214 valence electrons. The van der Waals surface area contributed by atoms with Crippen LogP contribution in [0.3, 0.4) is 0 Å². The highest BCUT2D eigenvalue weighted by molar-refractivity contribution is 6.36. The SMILES string of the molecule is C=CC(=O)N1CCC(n2nc(N3CCN(C(=O)N(C)C)CC3(C)C)c(-c3c(Cl)c(C)cc4[nH]ncc34)c2C)CC1. The second kappa shape index (κ2) is 10.5. The highest BCUT2D eigenvalue weighted by atomic mass is 35.5. The fourth-order valence-corrected chi connectivity index (χ4v) is 6.49. The number of anilines is 1. The molecule has 40 heavy (non-hydrogen) atoms. The van der Waals surface area contributed by atoms with Gasteiger partial charge in [0.1, 0.15) is 0 Å². The fraction of sp³-hybridized carbons (Fsp3) is 0.517. The van der Waals surface area contributed by atoms with Crippen LogP contribution in [0.25, 0.3) is 22.0 Å². The number of benzene rings is 1. The van der Waals surface area contributed by atoms with Crippen LogP contribution < -0.4 is 4.90 Å². The third kappa shape index (κ3) is 4.72. The largest absolute Gasteiger partial charge is 0.346 e. The summed E-state index contributed by atoms with van der Waals surface area (Å²) < 4.78 is 2.14. The number of hydrogen-bond acceptors (Lipinski definition) is 5. The quantitative estimate of drug-likeness (QED) is 0.465. The van der Waals surface area contributed by atoms with Gasteiger partial charge in [-0.15, -0.1) is 0 Å². The first-order valence-corrected chi connectivity index (χ1v) is 14.2. The number of aromatic amines is 1. The van der Waals surface area contributed by atoms with Crippen LogP contribution in [0.1, 0.15) is 44.0 Å². The van der Waals surface area contributed by atoms with E-state index in [-0.39, 0.29) is 23.5 Å². The molecule has 0 bridgehead atoms. The third-order valence-corrected chi connectivity index (χ3v) is 8.84. The molecule has 2 fully saturated rings. The van der Waals surface area contributed by atoms with Gasteiger partial charge in [-0.1, -0.05) is 18.2 Å². The number of urea groups is 1. The van der Waals surface area contributed by atoms with E-state index in [9.17, 15) is 9.59 Å². The Kier molecular flexibility index (Phi) is 7.33. The molecule has 2 aliphatic heterocycles. The van der Waals surface area contributed by atoms with Gasteiger partial charge in [0.25, 0.3) is 0 Å². The number of piperazine rings is 1. The van der Waals surface area contributed by atoms with Crippen LogP contribution in [0, 0.1) is 13.8 Å². The number of fused-ring (bicyclic) bond motifs is 1. The second-order valence-electron chi connectivity index (χ2n) is 11.8. The predicted octanol–water partition coefficient (Wildman–Crippen LogP) is 4.63. The van der Waals surface area contributed by atoms with Gasteiger partial charge >= 0.3 is 6.03 Å². The maximum Gasteiger partial charge on any atom is 0.319 e. The summed E-state index contributed by atoms with van der Waals surface area (Å²) in [7, 11) is 3.57. The Morgan fingerprint density at radius 1 is 1.12 bits per heavy atom. The Morgan fingerprint density at radius 3 is 2.45 bits per heavy atom. The Labute approximate surface area is 240 Å². The Balaban J connectivity index is 1.63. The number of piperidine rings is 1. The van der Waals surface area contributed by atoms with Gasteiger partial charge in [0, 0.05) is 69.0 Å². The first kappa shape index (κ1) is 28.0. The topological polar surface area (TPSA) is 93.6 Å². The first-order chi connectivity index (χ1) is 18.9. The van der Waals surface area contributed by atoms with Crippen molar-refractivity contribution in [3.05, 3.63) is 41.2 Å². The van der Waals surface area contributed by atoms with Crippen molar-refractivity contribution in [3.63, 3.8) is 0 Å². The lowest BCUT2D eigenvalue weighted by atomic mass is 9.94. The zero-order valence-corrected chi connectivity index (χ0v) is 25.0. The first-order valence-electron chi connectivity index (χ1n) is 13.8. The number of H-pyrrole nitrogens is 1. The summed E-state index contributed by atoms with van der Waals surface area (Å²) in [6.07, 6.45) is 4.82. The molecule has 10 nitrogen and oxygen atoms in total. The monoisotopic (exact) mass is 566 g/mol. The fourth-order valence-electron chi connectivity index (χ4n) is 6.24. The van der Waals surface area contributed by atoms with Crippen molar-refractivity contribution >= 4 is 40.3 Å². The van der Waals surface area contributed by atoms with E-state index in [0.717, 1.165) is 51.9 Å². The normalized spacial score (nSPS) is 17.9. The van der Waals surface area contributed by atoms with E-state index in [1.54, 1.807) is 19.0 Å². The molecule has 0 saturated carbocycles. The van der Waals surface area contributed by atoms with Gasteiger partial charge in [0.2, 0.25) is 5.91 Å². The molecule has 0 aliphatic carbocycles. The molecule has 1 aromatic carbocycles. The van der Waals surface area contributed by atoms with Crippen molar-refractivity contribution in [1.82, 2.24) is 34.7 Å². The van der Waals surface area contributed by atoms with Crippen LogP contribution in [0.4, 0.5) is 10.6 Å². The summed E-state index contributed by atoms with van der Waals surface area (Å²) in [6, 6.07) is 2.18. The number of rotatable bonds is 4. The Morgan fingerprint density at radius 2 is 1.82 bits per heavy atom. The molecular weight excluding hydrogens is 528 g/mol. The van der Waals surface area contributed by atoms with Gasteiger partial charge in [-0.3, -0.25) is 14.6 Å². The summed E-state index contributed by atoms with van der Waals surface area (Å²) in [5.74, 6) is 0.830. The maximum atomic E-state index is 12.8. The predicted molar refractivity (Wildman–Crippen MR) is 159 cm³/mol. The van der Waals surface area contributed by atoms with Crippen molar-refractivity contribution in [3.8, 4) is 11.1 Å². The maximum absolute atomic E-state index is 12.8. The van der Waals surface area contributed by atoms with Gasteiger partial charge in [-0.25, -0.2) is 4.79 Å². The summed E-state index contributed by atoms with van der Waals surface area (Å²) >= 11 is 7.07. The Hall–Kier alpha value is -3.53. The molecule has 4 heterocycles. The highest BCUT2D eigenvalue weighted by Crippen LogP contribution is 2.46. The number of aromatic nitrogens is 4. The zero-order chi connectivity index (χ0) is 28.9. The minimum absolute atomic E-state index is 0.0114. The van der Waals surface area contributed by atoms with E-state index in [1.165, 1.54) is 6.08 Å². The van der Waals surface area contributed by atoms with Crippen LogP contribution in [-0.2, 0) is 4.79 Å². The molecule has 1 N–H and O–H groups in total. The minimum atomic E-state index is -0.379. The lowest BCUT2D eigenvalue weighted by molar-refractivity contribution is -0.127. The molecule has 11 heteroatoms. The molecule has 2 saturated heterocycles. The number of halogens is 1. The number of hydrogen-bond donors (Lipinski definition) is 1. The van der Waals surface area contributed by atoms with Crippen LogP contribution >= 0.6 is 11.6 Å². The Bertz CT molecular complexity index is 1460. The van der Waals surface area contributed by atoms with E-state index in [1.807, 2.05) is 29.0 Å². The molecule has 3 amide bonds. The second-order valence-corrected chi connectivity index (χ2v) is 12.1. The summed E-state index contributed by atoms with van der Waals surface area (Å²) in [6.45, 7) is 15.2. The van der Waals surface area contributed by atoms with Crippen LogP contribution in [0.15, 0.2) is 24.9 Å². The molecule has 0 radical (unpaired) electrons. The van der Waals surface area contributed by atoms with E-state index in [0.29, 0.717) is 37.7 Å². The average molecular weight is 567 g/mol. The van der Waals surface area contributed by atoms with Crippen molar-refractivity contribution in [2.75, 3.05) is 51.7 Å². The number of likely N-dealkylation sites (tertiary alicyclic amines) is 1. The average Bonchev–Trinajstić information content (AvgIpc) is 3.52.